The van der Waals surface area contributed by atoms with Crippen LogP contribution in [0.5, 0.6) is 0 Å². The van der Waals surface area contributed by atoms with E-state index in [0.717, 1.165) is 45.1 Å². The van der Waals surface area contributed by atoms with Crippen LogP contribution in [-0.4, -0.2) is 54.0 Å². The van der Waals surface area contributed by atoms with Gasteiger partial charge in [-0.1, -0.05) is 30.3 Å². The average molecular weight is 434 g/mol. The van der Waals surface area contributed by atoms with Gasteiger partial charge < -0.3 is 18.9 Å². The van der Waals surface area contributed by atoms with Gasteiger partial charge in [-0.05, 0) is 78.7 Å². The number of rotatable bonds is 7. The summed E-state index contributed by atoms with van der Waals surface area (Å²) in [6.45, 7) is 11.0. The molecular formula is C25H39NO5. The van der Waals surface area contributed by atoms with Gasteiger partial charge in [-0.2, -0.15) is 0 Å². The van der Waals surface area contributed by atoms with Crippen LogP contribution in [0.3, 0.4) is 0 Å². The Kier molecular flexibility index (Phi) is 8.00. The fraction of sp³-hybridized carbons (Fsp3) is 0.720. The Morgan fingerprint density at radius 1 is 1.19 bits per heavy atom. The van der Waals surface area contributed by atoms with Crippen molar-refractivity contribution in [2.24, 2.45) is 0 Å². The third-order valence-corrected chi connectivity index (χ3v) is 5.73. The number of carbonyl (C=O) groups is 1. The summed E-state index contributed by atoms with van der Waals surface area (Å²) in [6.07, 6.45) is 5.15. The van der Waals surface area contributed by atoms with E-state index in [0.29, 0.717) is 6.61 Å². The summed E-state index contributed by atoms with van der Waals surface area (Å²) in [4.78, 5) is 14.9. The second kappa shape index (κ2) is 10.3. The first kappa shape index (κ1) is 24.0. The van der Waals surface area contributed by atoms with Crippen LogP contribution < -0.4 is 0 Å². The summed E-state index contributed by atoms with van der Waals surface area (Å²) >= 11 is 0. The highest BCUT2D eigenvalue weighted by molar-refractivity contribution is 5.70. The maximum absolute atomic E-state index is 13.1. The standard InChI is InChI=1S/C25H39NO5/c1-24(2,3)31-23(27)26-20(18-19-12-7-6-8-13-19)21(30-25(26,4)5)14-11-17-29-22-15-9-10-16-28-22/h6-8,12-13,20-22H,9-11,14-18H2,1-5H3/t20-,21+,22?/m0/s1. The molecule has 0 N–H and O–H groups in total. The Hall–Kier alpha value is -1.63. The minimum Gasteiger partial charge on any atom is -0.444 e. The largest absolute Gasteiger partial charge is 0.444 e. The molecule has 2 fully saturated rings. The van der Waals surface area contributed by atoms with Crippen molar-refractivity contribution in [1.29, 1.82) is 0 Å². The van der Waals surface area contributed by atoms with Crippen molar-refractivity contribution in [3.05, 3.63) is 35.9 Å². The fourth-order valence-corrected chi connectivity index (χ4v) is 4.41. The Morgan fingerprint density at radius 3 is 2.58 bits per heavy atom. The van der Waals surface area contributed by atoms with E-state index in [1.165, 1.54) is 5.56 Å². The number of benzene rings is 1. The lowest BCUT2D eigenvalue weighted by Gasteiger charge is -2.35. The molecular weight excluding hydrogens is 394 g/mol. The third kappa shape index (κ3) is 6.93. The molecule has 3 atom stereocenters. The van der Waals surface area contributed by atoms with E-state index in [2.05, 4.69) is 12.1 Å². The van der Waals surface area contributed by atoms with Crippen molar-refractivity contribution in [3.63, 3.8) is 0 Å². The van der Waals surface area contributed by atoms with E-state index in [-0.39, 0.29) is 24.5 Å². The first-order chi connectivity index (χ1) is 14.7. The summed E-state index contributed by atoms with van der Waals surface area (Å²) < 4.78 is 23.7. The number of hydrogen-bond donors (Lipinski definition) is 0. The van der Waals surface area contributed by atoms with Crippen LogP contribution in [-0.2, 0) is 25.4 Å². The van der Waals surface area contributed by atoms with Crippen LogP contribution in [0.1, 0.15) is 72.3 Å². The SMILES string of the molecule is CC(C)(C)OC(=O)N1[C@@H](Cc2ccccc2)[C@@H](CCCOC2CCCCO2)OC1(C)C. The molecule has 0 bridgehead atoms. The van der Waals surface area contributed by atoms with Crippen LogP contribution in [0.25, 0.3) is 0 Å². The molecule has 1 unspecified atom stereocenters. The first-order valence-electron chi connectivity index (χ1n) is 11.6. The molecule has 174 valence electrons. The van der Waals surface area contributed by atoms with Gasteiger partial charge in [0.25, 0.3) is 0 Å². The minimum atomic E-state index is -0.736. The van der Waals surface area contributed by atoms with Gasteiger partial charge >= 0.3 is 6.09 Å². The lowest BCUT2D eigenvalue weighted by molar-refractivity contribution is -0.164. The van der Waals surface area contributed by atoms with Gasteiger partial charge in [0.2, 0.25) is 0 Å². The lowest BCUT2D eigenvalue weighted by atomic mass is 9.97. The predicted octanol–water partition coefficient (Wildman–Crippen LogP) is 5.29. The topological polar surface area (TPSA) is 57.2 Å². The van der Waals surface area contributed by atoms with Crippen molar-refractivity contribution in [2.75, 3.05) is 13.2 Å². The van der Waals surface area contributed by atoms with Crippen LogP contribution in [0, 0.1) is 0 Å². The number of carbonyl (C=O) groups excluding carboxylic acids is 1. The second-order valence-corrected chi connectivity index (χ2v) is 10.0. The number of amides is 1. The molecule has 6 heteroatoms. The van der Waals surface area contributed by atoms with Gasteiger partial charge in [0.1, 0.15) is 11.3 Å². The van der Waals surface area contributed by atoms with Gasteiger partial charge in [0, 0.05) is 13.2 Å². The zero-order valence-electron chi connectivity index (χ0n) is 19.8. The van der Waals surface area contributed by atoms with Crippen LogP contribution in [0.15, 0.2) is 30.3 Å². The highest BCUT2D eigenvalue weighted by Gasteiger charge is 2.50. The van der Waals surface area contributed by atoms with E-state index in [1.54, 1.807) is 4.90 Å². The second-order valence-electron chi connectivity index (χ2n) is 10.0. The smallest absolute Gasteiger partial charge is 0.412 e. The molecule has 2 aliphatic heterocycles. The van der Waals surface area contributed by atoms with Crippen molar-refractivity contribution < 1.29 is 23.7 Å². The molecule has 1 amide bonds. The van der Waals surface area contributed by atoms with Crippen LogP contribution >= 0.6 is 0 Å². The summed E-state index contributed by atoms with van der Waals surface area (Å²) in [5.74, 6) is 0. The number of ether oxygens (including phenoxy) is 4. The molecule has 0 spiro atoms. The zero-order valence-corrected chi connectivity index (χ0v) is 19.8. The van der Waals surface area contributed by atoms with E-state index in [1.807, 2.05) is 52.8 Å². The van der Waals surface area contributed by atoms with Crippen LogP contribution in [0.2, 0.25) is 0 Å². The van der Waals surface area contributed by atoms with Crippen molar-refractivity contribution >= 4 is 6.09 Å². The zero-order chi connectivity index (χ0) is 22.5. The Bertz CT molecular complexity index is 694. The molecule has 0 aliphatic carbocycles. The predicted molar refractivity (Wildman–Crippen MR) is 120 cm³/mol. The third-order valence-electron chi connectivity index (χ3n) is 5.73. The molecule has 0 radical (unpaired) electrons. The molecule has 2 saturated heterocycles. The van der Waals surface area contributed by atoms with Crippen molar-refractivity contribution in [1.82, 2.24) is 4.90 Å². The Morgan fingerprint density at radius 2 is 1.94 bits per heavy atom. The monoisotopic (exact) mass is 433 g/mol. The minimum absolute atomic E-state index is 0.0759. The number of nitrogens with zero attached hydrogens (tertiary/aromatic N) is 1. The first-order valence-corrected chi connectivity index (χ1v) is 11.6. The van der Waals surface area contributed by atoms with Gasteiger partial charge in [0.05, 0.1) is 12.1 Å². The molecule has 2 heterocycles. The summed E-state index contributed by atoms with van der Waals surface area (Å²) in [5, 5.41) is 0. The molecule has 1 aromatic rings. The maximum Gasteiger partial charge on any atom is 0.412 e. The maximum atomic E-state index is 13.1. The molecule has 0 aromatic heterocycles. The van der Waals surface area contributed by atoms with Crippen molar-refractivity contribution in [2.45, 2.75) is 103 Å². The molecule has 6 nitrogen and oxygen atoms in total. The molecule has 31 heavy (non-hydrogen) atoms. The Labute approximate surface area is 187 Å². The number of hydrogen-bond acceptors (Lipinski definition) is 5. The van der Waals surface area contributed by atoms with Gasteiger partial charge in [-0.3, -0.25) is 4.90 Å². The molecule has 3 rings (SSSR count). The Balaban J connectivity index is 1.67. The molecule has 1 aromatic carbocycles. The lowest BCUT2D eigenvalue weighted by Crippen LogP contribution is -2.51. The van der Waals surface area contributed by atoms with E-state index >= 15 is 0 Å². The van der Waals surface area contributed by atoms with Gasteiger partial charge in [-0.15, -0.1) is 0 Å². The molecule has 2 aliphatic rings. The molecule has 0 saturated carbocycles. The van der Waals surface area contributed by atoms with E-state index < -0.39 is 11.3 Å². The summed E-state index contributed by atoms with van der Waals surface area (Å²) in [5.41, 5.74) is -0.116. The summed E-state index contributed by atoms with van der Waals surface area (Å²) in [7, 11) is 0. The van der Waals surface area contributed by atoms with E-state index in [4.69, 9.17) is 18.9 Å². The quantitative estimate of drug-likeness (QED) is 0.547. The fourth-order valence-electron chi connectivity index (χ4n) is 4.41. The van der Waals surface area contributed by atoms with Crippen molar-refractivity contribution in [3.8, 4) is 0 Å². The summed E-state index contributed by atoms with van der Waals surface area (Å²) in [6, 6.07) is 10.2. The normalized spacial score (nSPS) is 26.1. The highest BCUT2D eigenvalue weighted by Crippen LogP contribution is 2.37. The highest BCUT2D eigenvalue weighted by atomic mass is 16.7. The average Bonchev–Trinajstić information content (AvgIpc) is 2.95. The van der Waals surface area contributed by atoms with E-state index in [9.17, 15) is 4.79 Å². The van der Waals surface area contributed by atoms with Gasteiger partial charge in [-0.25, -0.2) is 4.79 Å². The van der Waals surface area contributed by atoms with Gasteiger partial charge in [0.15, 0.2) is 6.29 Å². The van der Waals surface area contributed by atoms with Crippen LogP contribution in [0.4, 0.5) is 4.79 Å².